The fraction of sp³-hybridized carbons (Fsp3) is 0.393. The van der Waals surface area contributed by atoms with E-state index >= 15 is 0 Å². The van der Waals surface area contributed by atoms with Gasteiger partial charge in [0.2, 0.25) is 11.8 Å². The summed E-state index contributed by atoms with van der Waals surface area (Å²) in [7, 11) is 0. The lowest BCUT2D eigenvalue weighted by Gasteiger charge is -2.36. The second-order valence-corrected chi connectivity index (χ2v) is 10.8. The van der Waals surface area contributed by atoms with Crippen LogP contribution in [0.4, 0.5) is 4.39 Å². The molecule has 10 heteroatoms. The molecule has 3 aromatic rings. The van der Waals surface area contributed by atoms with Gasteiger partial charge in [-0.1, -0.05) is 61.7 Å². The third-order valence-corrected chi connectivity index (χ3v) is 7.98. The van der Waals surface area contributed by atoms with Crippen molar-refractivity contribution in [2.75, 3.05) is 0 Å². The van der Waals surface area contributed by atoms with Crippen molar-refractivity contribution >= 4 is 51.9 Å². The number of nitrogens with one attached hydrogen (secondary N) is 3. The molecule has 2 aromatic carbocycles. The highest BCUT2D eigenvalue weighted by atomic mass is 35.5. The van der Waals surface area contributed by atoms with E-state index in [1.807, 2.05) is 13.8 Å². The number of H-pyrrole nitrogens is 1. The molecule has 0 aliphatic heterocycles. The molecule has 0 spiro atoms. The molecule has 4 N–H and O–H groups in total. The number of fused-ring (bicyclic) bond motifs is 3. The Morgan fingerprint density at radius 1 is 1.21 bits per heavy atom. The summed E-state index contributed by atoms with van der Waals surface area (Å²) in [6.45, 7) is 3.70. The average Bonchev–Trinajstić information content (AvgIpc) is 3.24. The predicted molar refractivity (Wildman–Crippen MR) is 145 cm³/mol. The molecule has 0 fully saturated rings. The minimum Gasteiger partial charge on any atom is -0.479 e. The van der Waals surface area contributed by atoms with Crippen LogP contribution >= 0.6 is 23.2 Å². The highest BCUT2D eigenvalue weighted by Gasteiger charge is 2.45. The van der Waals surface area contributed by atoms with Crippen molar-refractivity contribution in [3.63, 3.8) is 0 Å². The predicted octanol–water partition coefficient (Wildman–Crippen LogP) is 5.21. The number of aromatic amines is 1. The number of carbonyl (C=O) groups is 3. The molecule has 2 amide bonds. The van der Waals surface area contributed by atoms with E-state index in [4.69, 9.17) is 23.2 Å². The Kier molecular flexibility index (Phi) is 8.33. The number of carbonyl (C=O) groups excluding carboxylic acids is 2. The number of aromatic nitrogens is 1. The minimum absolute atomic E-state index is 0.00849. The number of benzene rings is 2. The van der Waals surface area contributed by atoms with Crippen LogP contribution in [0, 0.1) is 11.7 Å². The fourth-order valence-corrected chi connectivity index (χ4v) is 5.57. The van der Waals surface area contributed by atoms with E-state index in [1.165, 1.54) is 6.07 Å². The number of carboxylic acids is 1. The van der Waals surface area contributed by atoms with E-state index in [-0.39, 0.29) is 31.6 Å². The molecule has 38 heavy (non-hydrogen) atoms. The van der Waals surface area contributed by atoms with Crippen molar-refractivity contribution in [2.24, 2.45) is 5.92 Å². The van der Waals surface area contributed by atoms with Crippen molar-refractivity contribution in [1.82, 2.24) is 15.6 Å². The van der Waals surface area contributed by atoms with Gasteiger partial charge in [-0.3, -0.25) is 9.59 Å². The van der Waals surface area contributed by atoms with Crippen molar-refractivity contribution in [1.29, 1.82) is 0 Å². The zero-order valence-corrected chi connectivity index (χ0v) is 22.7. The Balaban J connectivity index is 1.54. The Morgan fingerprint density at radius 3 is 2.63 bits per heavy atom. The highest BCUT2D eigenvalue weighted by Crippen LogP contribution is 2.38. The van der Waals surface area contributed by atoms with Crippen LogP contribution in [0.2, 0.25) is 10.0 Å². The maximum atomic E-state index is 13.9. The van der Waals surface area contributed by atoms with Crippen LogP contribution in [0.15, 0.2) is 36.4 Å². The van der Waals surface area contributed by atoms with E-state index in [0.29, 0.717) is 34.0 Å². The first-order valence-electron chi connectivity index (χ1n) is 12.6. The first-order chi connectivity index (χ1) is 18.0. The summed E-state index contributed by atoms with van der Waals surface area (Å²) >= 11 is 12.6. The van der Waals surface area contributed by atoms with Crippen LogP contribution in [0.5, 0.6) is 0 Å². The summed E-state index contributed by atoms with van der Waals surface area (Å²) < 4.78 is 13.9. The van der Waals surface area contributed by atoms with Crippen molar-refractivity contribution in [2.45, 2.75) is 64.0 Å². The lowest BCUT2D eigenvalue weighted by Crippen LogP contribution is -2.62. The zero-order chi connectivity index (χ0) is 27.6. The molecule has 1 aromatic heterocycles. The molecule has 0 radical (unpaired) electrons. The molecule has 4 rings (SSSR count). The summed E-state index contributed by atoms with van der Waals surface area (Å²) in [5.74, 6) is -2.79. The van der Waals surface area contributed by atoms with Crippen LogP contribution < -0.4 is 10.6 Å². The molecule has 7 nitrogen and oxygen atoms in total. The van der Waals surface area contributed by atoms with Crippen LogP contribution in [0.25, 0.3) is 10.9 Å². The first kappa shape index (κ1) is 27.9. The monoisotopic (exact) mass is 561 g/mol. The Hall–Kier alpha value is -3.10. The van der Waals surface area contributed by atoms with Gasteiger partial charge >= 0.3 is 5.97 Å². The third kappa shape index (κ3) is 5.66. The van der Waals surface area contributed by atoms with Gasteiger partial charge in [-0.25, -0.2) is 9.18 Å². The van der Waals surface area contributed by atoms with Gasteiger partial charge in [0.1, 0.15) is 17.4 Å². The summed E-state index contributed by atoms with van der Waals surface area (Å²) in [4.78, 5) is 42.1. The maximum absolute atomic E-state index is 13.9. The number of aryl methyl sites for hydroxylation is 2. The molecule has 0 saturated carbocycles. The Bertz CT molecular complexity index is 1390. The summed E-state index contributed by atoms with van der Waals surface area (Å²) in [5.41, 5.74) is 1.11. The molecular formula is C28H30Cl2FN3O4. The lowest BCUT2D eigenvalue weighted by atomic mass is 9.79. The zero-order valence-electron chi connectivity index (χ0n) is 21.2. The van der Waals surface area contributed by atoms with Crippen LogP contribution in [-0.2, 0) is 33.6 Å². The van der Waals surface area contributed by atoms with Crippen LogP contribution in [0.1, 0.15) is 49.9 Å². The molecule has 1 heterocycles. The summed E-state index contributed by atoms with van der Waals surface area (Å²) in [6.07, 6.45) is 1.33. The first-order valence-corrected chi connectivity index (χ1v) is 13.4. The van der Waals surface area contributed by atoms with Crippen molar-refractivity contribution < 1.29 is 23.9 Å². The van der Waals surface area contributed by atoms with E-state index < -0.39 is 35.2 Å². The molecular weight excluding hydrogens is 532 g/mol. The molecule has 0 bridgehead atoms. The van der Waals surface area contributed by atoms with E-state index in [1.54, 1.807) is 30.3 Å². The molecule has 3 unspecified atom stereocenters. The second kappa shape index (κ2) is 11.3. The smallest absolute Gasteiger partial charge is 0.329 e. The highest BCUT2D eigenvalue weighted by molar-refractivity contribution is 6.38. The van der Waals surface area contributed by atoms with Crippen molar-refractivity contribution in [3.8, 4) is 0 Å². The number of amides is 2. The van der Waals surface area contributed by atoms with Gasteiger partial charge in [0.25, 0.3) is 0 Å². The minimum atomic E-state index is -1.57. The number of halogens is 3. The lowest BCUT2D eigenvalue weighted by molar-refractivity contribution is -0.149. The number of hydrogen-bond acceptors (Lipinski definition) is 3. The molecule has 0 saturated heterocycles. The standard InChI is InChI=1S/C28H30Cl2FN3O4/c1-3-15(2)24(33-23(35)9-8-16-6-4-5-7-21(16)31)26(36)34-28(27(37)38)11-10-22-19(14-28)18-12-17(29)13-20(30)25(18)32-22/h4-7,12-13,15,24,32H,3,8-11,14H2,1-2H3,(H,33,35)(H,34,36)(H,37,38). The third-order valence-electron chi connectivity index (χ3n) is 7.46. The van der Waals surface area contributed by atoms with Gasteiger partial charge in [-0.15, -0.1) is 0 Å². The fourth-order valence-electron chi connectivity index (χ4n) is 5.02. The molecule has 202 valence electrons. The maximum Gasteiger partial charge on any atom is 0.329 e. The van der Waals surface area contributed by atoms with Gasteiger partial charge in [0.15, 0.2) is 0 Å². The van der Waals surface area contributed by atoms with Gasteiger partial charge in [-0.05, 0) is 54.5 Å². The average molecular weight is 562 g/mol. The number of carboxylic acid groups (broad SMARTS) is 1. The number of hydrogen-bond donors (Lipinski definition) is 4. The summed E-state index contributed by atoms with van der Waals surface area (Å²) in [5, 5.41) is 17.4. The SMILES string of the molecule is CCC(C)C(NC(=O)CCc1ccccc1F)C(=O)NC1(C(=O)O)CCc2[nH]c3c(Cl)cc(Cl)cc3c2C1. The van der Waals surface area contributed by atoms with Gasteiger partial charge in [0, 0.05) is 28.9 Å². The Labute approximate surface area is 230 Å². The van der Waals surface area contributed by atoms with Crippen LogP contribution in [0.3, 0.4) is 0 Å². The van der Waals surface area contributed by atoms with Gasteiger partial charge < -0.3 is 20.7 Å². The Morgan fingerprint density at radius 2 is 1.95 bits per heavy atom. The normalized spacial score (nSPS) is 18.4. The molecule has 1 aliphatic carbocycles. The quantitative estimate of drug-likeness (QED) is 0.287. The van der Waals surface area contributed by atoms with Crippen LogP contribution in [-0.4, -0.2) is 39.5 Å². The van der Waals surface area contributed by atoms with E-state index in [2.05, 4.69) is 15.6 Å². The van der Waals surface area contributed by atoms with Gasteiger partial charge in [0.05, 0.1) is 10.5 Å². The largest absolute Gasteiger partial charge is 0.479 e. The number of rotatable bonds is 9. The second-order valence-electron chi connectivity index (χ2n) is 9.97. The van der Waals surface area contributed by atoms with Crippen molar-refractivity contribution in [3.05, 3.63) is 69.1 Å². The molecule has 1 aliphatic rings. The topological polar surface area (TPSA) is 111 Å². The van der Waals surface area contributed by atoms with E-state index in [9.17, 15) is 23.9 Å². The summed E-state index contributed by atoms with van der Waals surface area (Å²) in [6, 6.07) is 8.62. The van der Waals surface area contributed by atoms with E-state index in [0.717, 1.165) is 16.6 Å². The molecule has 3 atom stereocenters. The number of aliphatic carboxylic acids is 1. The van der Waals surface area contributed by atoms with Gasteiger partial charge in [-0.2, -0.15) is 0 Å².